The fourth-order valence-corrected chi connectivity index (χ4v) is 3.35. The topological polar surface area (TPSA) is 50.7 Å². The third kappa shape index (κ3) is 4.12. The van der Waals surface area contributed by atoms with Crippen molar-refractivity contribution in [2.75, 3.05) is 50.2 Å². The minimum absolute atomic E-state index is 0.304. The summed E-state index contributed by atoms with van der Waals surface area (Å²) < 4.78 is 11.5. The first kappa shape index (κ1) is 16.5. The van der Waals surface area contributed by atoms with Crippen molar-refractivity contribution >= 4 is 11.8 Å². The third-order valence-electron chi connectivity index (χ3n) is 4.64. The van der Waals surface area contributed by atoms with E-state index in [9.17, 15) is 0 Å². The number of aryl methyl sites for hydroxylation is 1. The van der Waals surface area contributed by atoms with Crippen molar-refractivity contribution in [1.82, 2.24) is 9.97 Å². The molecular formula is C17H28N4O2. The van der Waals surface area contributed by atoms with Crippen molar-refractivity contribution in [3.05, 3.63) is 11.8 Å². The van der Waals surface area contributed by atoms with Crippen LogP contribution in [0.2, 0.25) is 0 Å². The van der Waals surface area contributed by atoms with Gasteiger partial charge in [-0.2, -0.15) is 4.98 Å². The molecule has 6 heteroatoms. The molecule has 0 amide bonds. The van der Waals surface area contributed by atoms with Gasteiger partial charge in [-0.3, -0.25) is 0 Å². The lowest BCUT2D eigenvalue weighted by Crippen LogP contribution is -2.32. The van der Waals surface area contributed by atoms with Gasteiger partial charge in [-0.1, -0.05) is 0 Å². The fourth-order valence-electron chi connectivity index (χ4n) is 3.35. The predicted octanol–water partition coefficient (Wildman–Crippen LogP) is 2.02. The molecule has 0 bridgehead atoms. The standard InChI is InChI=1S/C17H28N4O2/c1-13-10-18-17(21(3)12-15-7-5-9-23-15)19-16(13)20(2)11-14-6-4-8-22-14/h10,14-15H,4-9,11-12H2,1-3H3/t14-,15+/m1/s1. The Labute approximate surface area is 138 Å². The van der Waals surface area contributed by atoms with Gasteiger partial charge in [-0.25, -0.2) is 4.98 Å². The summed E-state index contributed by atoms with van der Waals surface area (Å²) in [6.45, 7) is 5.55. The summed E-state index contributed by atoms with van der Waals surface area (Å²) in [6, 6.07) is 0. The highest BCUT2D eigenvalue weighted by molar-refractivity contribution is 5.49. The van der Waals surface area contributed by atoms with E-state index in [2.05, 4.69) is 28.8 Å². The molecule has 2 aliphatic heterocycles. The van der Waals surface area contributed by atoms with Gasteiger partial charge in [-0.15, -0.1) is 0 Å². The van der Waals surface area contributed by atoms with E-state index in [0.29, 0.717) is 12.2 Å². The normalized spacial score (nSPS) is 24.1. The van der Waals surface area contributed by atoms with Crippen molar-refractivity contribution in [2.24, 2.45) is 0 Å². The molecule has 0 aliphatic carbocycles. The maximum Gasteiger partial charge on any atom is 0.227 e. The monoisotopic (exact) mass is 320 g/mol. The first-order valence-corrected chi connectivity index (χ1v) is 8.62. The lowest BCUT2D eigenvalue weighted by atomic mass is 10.2. The molecular weight excluding hydrogens is 292 g/mol. The van der Waals surface area contributed by atoms with Crippen LogP contribution >= 0.6 is 0 Å². The van der Waals surface area contributed by atoms with Crippen LogP contribution in [-0.4, -0.2) is 62.6 Å². The summed E-state index contributed by atoms with van der Waals surface area (Å²) >= 11 is 0. The van der Waals surface area contributed by atoms with E-state index < -0.39 is 0 Å². The molecule has 3 rings (SSSR count). The van der Waals surface area contributed by atoms with Crippen LogP contribution in [0.25, 0.3) is 0 Å². The molecule has 3 heterocycles. The zero-order valence-corrected chi connectivity index (χ0v) is 14.5. The van der Waals surface area contributed by atoms with Gasteiger partial charge in [0, 0.05) is 52.2 Å². The van der Waals surface area contributed by atoms with Gasteiger partial charge in [0.15, 0.2) is 0 Å². The molecule has 1 aromatic heterocycles. The minimum Gasteiger partial charge on any atom is -0.376 e. The summed E-state index contributed by atoms with van der Waals surface area (Å²) in [5, 5.41) is 0. The van der Waals surface area contributed by atoms with Crippen LogP contribution in [0.5, 0.6) is 0 Å². The zero-order valence-electron chi connectivity index (χ0n) is 14.5. The molecule has 0 radical (unpaired) electrons. The Morgan fingerprint density at radius 1 is 1.04 bits per heavy atom. The highest BCUT2D eigenvalue weighted by Gasteiger charge is 2.21. The number of nitrogens with zero attached hydrogens (tertiary/aromatic N) is 4. The molecule has 2 aliphatic rings. The van der Waals surface area contributed by atoms with Gasteiger partial charge in [-0.05, 0) is 32.6 Å². The molecule has 0 spiro atoms. The van der Waals surface area contributed by atoms with E-state index in [1.54, 1.807) is 0 Å². The van der Waals surface area contributed by atoms with E-state index in [4.69, 9.17) is 14.5 Å². The van der Waals surface area contributed by atoms with Crippen LogP contribution in [0.1, 0.15) is 31.2 Å². The zero-order chi connectivity index (χ0) is 16.2. The van der Waals surface area contributed by atoms with E-state index in [0.717, 1.165) is 69.3 Å². The fraction of sp³-hybridized carbons (Fsp3) is 0.765. The predicted molar refractivity (Wildman–Crippen MR) is 91.3 cm³/mol. The maximum absolute atomic E-state index is 5.74. The van der Waals surface area contributed by atoms with Crippen molar-refractivity contribution in [3.63, 3.8) is 0 Å². The Morgan fingerprint density at radius 2 is 1.65 bits per heavy atom. The Morgan fingerprint density at radius 3 is 2.22 bits per heavy atom. The number of ether oxygens (including phenoxy) is 2. The molecule has 0 unspecified atom stereocenters. The largest absolute Gasteiger partial charge is 0.376 e. The van der Waals surface area contributed by atoms with Crippen LogP contribution in [0, 0.1) is 6.92 Å². The molecule has 2 atom stereocenters. The Hall–Kier alpha value is -1.40. The molecule has 0 N–H and O–H groups in total. The van der Waals surface area contributed by atoms with Gasteiger partial charge < -0.3 is 19.3 Å². The second-order valence-corrected chi connectivity index (χ2v) is 6.71. The number of anilines is 2. The number of aromatic nitrogens is 2. The molecule has 0 aromatic carbocycles. The number of hydrogen-bond acceptors (Lipinski definition) is 6. The molecule has 1 aromatic rings. The van der Waals surface area contributed by atoms with Gasteiger partial charge in [0.1, 0.15) is 5.82 Å². The summed E-state index contributed by atoms with van der Waals surface area (Å²) in [5.41, 5.74) is 1.10. The van der Waals surface area contributed by atoms with Crippen molar-refractivity contribution in [2.45, 2.75) is 44.8 Å². The minimum atomic E-state index is 0.304. The number of likely N-dealkylation sites (N-methyl/N-ethyl adjacent to an activating group) is 2. The van der Waals surface area contributed by atoms with Crippen LogP contribution in [0.15, 0.2) is 6.20 Å². The second kappa shape index (κ2) is 7.45. The Bertz CT molecular complexity index is 513. The summed E-state index contributed by atoms with van der Waals surface area (Å²) in [4.78, 5) is 13.6. The summed E-state index contributed by atoms with van der Waals surface area (Å²) in [6.07, 6.45) is 7.12. The average molecular weight is 320 g/mol. The van der Waals surface area contributed by atoms with Gasteiger partial charge >= 0.3 is 0 Å². The van der Waals surface area contributed by atoms with Gasteiger partial charge in [0.2, 0.25) is 5.95 Å². The maximum atomic E-state index is 5.74. The van der Waals surface area contributed by atoms with Gasteiger partial charge in [0.25, 0.3) is 0 Å². The first-order chi connectivity index (χ1) is 11.1. The van der Waals surface area contributed by atoms with Crippen LogP contribution < -0.4 is 9.80 Å². The van der Waals surface area contributed by atoms with Crippen molar-refractivity contribution in [1.29, 1.82) is 0 Å². The molecule has 128 valence electrons. The van der Waals surface area contributed by atoms with E-state index >= 15 is 0 Å². The smallest absolute Gasteiger partial charge is 0.227 e. The number of hydrogen-bond donors (Lipinski definition) is 0. The quantitative estimate of drug-likeness (QED) is 0.799. The Balaban J connectivity index is 1.67. The first-order valence-electron chi connectivity index (χ1n) is 8.62. The molecule has 0 saturated carbocycles. The van der Waals surface area contributed by atoms with Crippen LogP contribution in [0.3, 0.4) is 0 Å². The lowest BCUT2D eigenvalue weighted by molar-refractivity contribution is 0.116. The van der Waals surface area contributed by atoms with E-state index in [-0.39, 0.29) is 0 Å². The molecule has 2 fully saturated rings. The third-order valence-corrected chi connectivity index (χ3v) is 4.64. The lowest BCUT2D eigenvalue weighted by Gasteiger charge is -2.26. The highest BCUT2D eigenvalue weighted by Crippen LogP contribution is 2.22. The molecule has 6 nitrogen and oxygen atoms in total. The van der Waals surface area contributed by atoms with Crippen LogP contribution in [-0.2, 0) is 9.47 Å². The summed E-state index contributed by atoms with van der Waals surface area (Å²) in [7, 11) is 4.12. The SMILES string of the molecule is Cc1cnc(N(C)C[C@@H]2CCCO2)nc1N(C)C[C@H]1CCCO1. The van der Waals surface area contributed by atoms with E-state index in [1.807, 2.05) is 13.2 Å². The second-order valence-electron chi connectivity index (χ2n) is 6.71. The van der Waals surface area contributed by atoms with Crippen molar-refractivity contribution in [3.8, 4) is 0 Å². The van der Waals surface area contributed by atoms with Crippen LogP contribution in [0.4, 0.5) is 11.8 Å². The molecule has 23 heavy (non-hydrogen) atoms. The summed E-state index contributed by atoms with van der Waals surface area (Å²) in [5.74, 6) is 1.75. The van der Waals surface area contributed by atoms with Gasteiger partial charge in [0.05, 0.1) is 12.2 Å². The highest BCUT2D eigenvalue weighted by atomic mass is 16.5. The van der Waals surface area contributed by atoms with E-state index in [1.165, 1.54) is 0 Å². The Kier molecular flexibility index (Phi) is 5.33. The molecule has 2 saturated heterocycles. The number of rotatable bonds is 6. The average Bonchev–Trinajstić information content (AvgIpc) is 3.21. The van der Waals surface area contributed by atoms with Crippen molar-refractivity contribution < 1.29 is 9.47 Å².